The normalized spacial score (nSPS) is 12.5. The molecule has 3 aromatic carbocycles. The fraction of sp³-hybridized carbons (Fsp3) is 0.0800. The van der Waals surface area contributed by atoms with E-state index in [1.165, 1.54) is 18.2 Å². The molecule has 2 heterocycles. The van der Waals surface area contributed by atoms with Gasteiger partial charge in [-0.3, -0.25) is 0 Å². The molecule has 1 unspecified atom stereocenters. The smallest absolute Gasteiger partial charge is 0.336 e. The summed E-state index contributed by atoms with van der Waals surface area (Å²) in [6.45, 7) is 1.84. The van der Waals surface area contributed by atoms with E-state index >= 15 is 0 Å². The lowest BCUT2D eigenvalue weighted by atomic mass is 9.95. The first-order valence-electron chi connectivity index (χ1n) is 9.52. The van der Waals surface area contributed by atoms with Crippen LogP contribution >= 0.6 is 0 Å². The van der Waals surface area contributed by atoms with Crippen LogP contribution in [0.2, 0.25) is 0 Å². The van der Waals surface area contributed by atoms with Crippen LogP contribution < -0.4 is 5.63 Å². The number of halogens is 1. The maximum atomic E-state index is 14.4. The first-order valence-corrected chi connectivity index (χ1v) is 9.52. The Morgan fingerprint density at radius 3 is 2.43 bits per heavy atom. The van der Waals surface area contributed by atoms with Gasteiger partial charge in [0.1, 0.15) is 28.8 Å². The van der Waals surface area contributed by atoms with Crippen molar-refractivity contribution in [2.45, 2.75) is 13.0 Å². The minimum absolute atomic E-state index is 0.107. The average molecular weight is 400 g/mol. The summed E-state index contributed by atoms with van der Waals surface area (Å²) in [7, 11) is 0. The van der Waals surface area contributed by atoms with Crippen LogP contribution in [0.4, 0.5) is 4.39 Å². The van der Waals surface area contributed by atoms with Crippen molar-refractivity contribution < 1.29 is 18.3 Å². The van der Waals surface area contributed by atoms with E-state index in [1.807, 2.05) is 43.3 Å². The lowest BCUT2D eigenvalue weighted by Crippen LogP contribution is -2.03. The van der Waals surface area contributed by atoms with Crippen molar-refractivity contribution in [3.05, 3.63) is 106 Å². The molecule has 2 aromatic heterocycles. The third kappa shape index (κ3) is 2.83. The summed E-state index contributed by atoms with van der Waals surface area (Å²) in [4.78, 5) is 12.1. The number of rotatable bonds is 3. The molecule has 0 spiro atoms. The van der Waals surface area contributed by atoms with Gasteiger partial charge in [-0.05, 0) is 36.2 Å². The van der Waals surface area contributed by atoms with Crippen LogP contribution in [0.3, 0.4) is 0 Å². The van der Waals surface area contributed by atoms with Gasteiger partial charge in [-0.2, -0.15) is 0 Å². The van der Waals surface area contributed by atoms with E-state index in [0.717, 1.165) is 16.5 Å². The summed E-state index contributed by atoms with van der Waals surface area (Å²) in [6.07, 6.45) is -1.33. The van der Waals surface area contributed by atoms with E-state index in [1.54, 1.807) is 18.2 Å². The molecule has 1 atom stereocenters. The number of aryl methyl sites for hydroxylation is 1. The lowest BCUT2D eigenvalue weighted by molar-refractivity contribution is 0.188. The molecule has 0 bridgehead atoms. The Morgan fingerprint density at radius 2 is 1.67 bits per heavy atom. The van der Waals surface area contributed by atoms with Gasteiger partial charge in [0, 0.05) is 22.6 Å². The highest BCUT2D eigenvalue weighted by atomic mass is 19.1. The molecule has 0 fully saturated rings. The van der Waals surface area contributed by atoms with Gasteiger partial charge in [0.15, 0.2) is 0 Å². The molecule has 0 saturated heterocycles. The second-order valence-corrected chi connectivity index (χ2v) is 7.20. The van der Waals surface area contributed by atoms with Crippen LogP contribution in [0.1, 0.15) is 23.0 Å². The predicted octanol–water partition coefficient (Wildman–Crippen LogP) is 5.74. The van der Waals surface area contributed by atoms with Crippen LogP contribution in [0.15, 0.2) is 86.4 Å². The molecular formula is C25H17FO4. The number of hydrogen-bond acceptors (Lipinski definition) is 4. The van der Waals surface area contributed by atoms with Gasteiger partial charge in [0.2, 0.25) is 0 Å². The molecule has 30 heavy (non-hydrogen) atoms. The average Bonchev–Trinajstić information content (AvgIpc) is 3.14. The van der Waals surface area contributed by atoms with E-state index in [-0.39, 0.29) is 11.3 Å². The van der Waals surface area contributed by atoms with Crippen molar-refractivity contribution in [2.24, 2.45) is 0 Å². The number of aliphatic hydroxyl groups excluding tert-OH is 1. The SMILES string of the molecule is Cc1cc(=O)oc2c1ccc1oc(C(O)c3ccccc3F)c(-c3ccccc3)c12. The van der Waals surface area contributed by atoms with E-state index in [4.69, 9.17) is 8.83 Å². The van der Waals surface area contributed by atoms with Crippen molar-refractivity contribution >= 4 is 21.9 Å². The largest absolute Gasteiger partial charge is 0.457 e. The zero-order chi connectivity index (χ0) is 20.8. The Labute approximate surface area is 170 Å². The maximum Gasteiger partial charge on any atom is 0.336 e. The van der Waals surface area contributed by atoms with Crippen molar-refractivity contribution in [1.82, 2.24) is 0 Å². The number of furan rings is 1. The molecule has 4 nitrogen and oxygen atoms in total. The van der Waals surface area contributed by atoms with Crippen molar-refractivity contribution in [3.63, 3.8) is 0 Å². The van der Waals surface area contributed by atoms with Crippen LogP contribution in [0.25, 0.3) is 33.1 Å². The molecule has 0 aliphatic heterocycles. The summed E-state index contributed by atoms with van der Waals surface area (Å²) < 4.78 is 26.0. The van der Waals surface area contributed by atoms with Crippen molar-refractivity contribution in [3.8, 4) is 11.1 Å². The summed E-state index contributed by atoms with van der Waals surface area (Å²) in [5.41, 5.74) is 2.57. The van der Waals surface area contributed by atoms with Crippen molar-refractivity contribution in [1.29, 1.82) is 0 Å². The fourth-order valence-corrected chi connectivity index (χ4v) is 3.90. The topological polar surface area (TPSA) is 63.6 Å². The highest BCUT2D eigenvalue weighted by Gasteiger charge is 2.27. The molecule has 0 amide bonds. The number of aliphatic hydroxyl groups is 1. The maximum absolute atomic E-state index is 14.4. The van der Waals surface area contributed by atoms with Gasteiger partial charge in [0.25, 0.3) is 0 Å². The van der Waals surface area contributed by atoms with Gasteiger partial charge in [0.05, 0.1) is 5.39 Å². The zero-order valence-corrected chi connectivity index (χ0v) is 16.1. The van der Waals surface area contributed by atoms with Crippen LogP contribution in [-0.4, -0.2) is 5.11 Å². The molecule has 5 aromatic rings. The summed E-state index contributed by atoms with van der Waals surface area (Å²) >= 11 is 0. The number of hydrogen-bond donors (Lipinski definition) is 1. The second-order valence-electron chi connectivity index (χ2n) is 7.20. The summed E-state index contributed by atoms with van der Waals surface area (Å²) in [5.74, 6) is -0.338. The fourth-order valence-electron chi connectivity index (χ4n) is 3.90. The first kappa shape index (κ1) is 18.3. The van der Waals surface area contributed by atoms with Gasteiger partial charge >= 0.3 is 5.63 Å². The third-order valence-electron chi connectivity index (χ3n) is 5.31. The Kier molecular flexibility index (Phi) is 4.26. The standard InChI is InChI=1S/C25H17FO4/c1-14-13-20(27)30-24-16(14)11-12-19-22(24)21(15-7-3-2-4-8-15)25(29-19)23(28)17-9-5-6-10-18(17)26/h2-13,23,28H,1H3. The molecule has 5 heteroatoms. The van der Waals surface area contributed by atoms with Gasteiger partial charge in [-0.25, -0.2) is 9.18 Å². The molecule has 5 rings (SSSR count). The predicted molar refractivity (Wildman–Crippen MR) is 113 cm³/mol. The zero-order valence-electron chi connectivity index (χ0n) is 16.1. The molecule has 0 saturated carbocycles. The van der Waals surface area contributed by atoms with Crippen LogP contribution in [-0.2, 0) is 0 Å². The van der Waals surface area contributed by atoms with E-state index in [9.17, 15) is 14.3 Å². The van der Waals surface area contributed by atoms with Crippen LogP contribution in [0, 0.1) is 12.7 Å². The molecule has 0 aliphatic carbocycles. The number of benzene rings is 3. The van der Waals surface area contributed by atoms with Crippen molar-refractivity contribution in [2.75, 3.05) is 0 Å². The van der Waals surface area contributed by atoms with E-state index < -0.39 is 17.5 Å². The van der Waals surface area contributed by atoms with E-state index in [0.29, 0.717) is 22.1 Å². The highest BCUT2D eigenvalue weighted by Crippen LogP contribution is 2.43. The van der Waals surface area contributed by atoms with Gasteiger partial charge in [-0.15, -0.1) is 0 Å². The Balaban J connectivity index is 1.91. The minimum Gasteiger partial charge on any atom is -0.457 e. The van der Waals surface area contributed by atoms with Gasteiger partial charge < -0.3 is 13.9 Å². The van der Waals surface area contributed by atoms with Crippen LogP contribution in [0.5, 0.6) is 0 Å². The first-order chi connectivity index (χ1) is 14.5. The second kappa shape index (κ2) is 6.97. The third-order valence-corrected chi connectivity index (χ3v) is 5.31. The Bertz CT molecular complexity index is 1450. The number of fused-ring (bicyclic) bond motifs is 3. The Hall–Kier alpha value is -3.70. The lowest BCUT2D eigenvalue weighted by Gasteiger charge is -2.12. The summed E-state index contributed by atoms with van der Waals surface area (Å²) in [5, 5.41) is 12.4. The summed E-state index contributed by atoms with van der Waals surface area (Å²) in [6, 6.07) is 20.4. The molecule has 0 aliphatic rings. The highest BCUT2D eigenvalue weighted by molar-refractivity contribution is 6.11. The minimum atomic E-state index is -1.33. The molecule has 0 radical (unpaired) electrons. The molecule has 148 valence electrons. The molecule has 1 N–H and O–H groups in total. The quantitative estimate of drug-likeness (QED) is 0.393. The molecular weight excluding hydrogens is 383 g/mol. The monoisotopic (exact) mass is 400 g/mol. The van der Waals surface area contributed by atoms with Gasteiger partial charge in [-0.1, -0.05) is 48.5 Å². The van der Waals surface area contributed by atoms with E-state index in [2.05, 4.69) is 0 Å². The Morgan fingerprint density at radius 1 is 0.933 bits per heavy atom.